The molecule has 0 N–H and O–H groups in total. The highest BCUT2D eigenvalue weighted by Crippen LogP contribution is 2.33. The summed E-state index contributed by atoms with van der Waals surface area (Å²) in [5, 5.41) is 4.85. The van der Waals surface area contributed by atoms with Gasteiger partial charge in [0.25, 0.3) is 0 Å². The summed E-state index contributed by atoms with van der Waals surface area (Å²) in [7, 11) is 1.65. The van der Waals surface area contributed by atoms with Crippen LogP contribution in [0.4, 0.5) is 0 Å². The minimum absolute atomic E-state index is 0.0997. The van der Waals surface area contributed by atoms with Crippen LogP contribution < -0.4 is 10.2 Å². The Morgan fingerprint density at radius 2 is 1.96 bits per heavy atom. The number of amides is 1. The van der Waals surface area contributed by atoms with E-state index in [4.69, 9.17) is 4.74 Å². The van der Waals surface area contributed by atoms with Crippen molar-refractivity contribution >= 4 is 16.8 Å². The molecule has 1 saturated heterocycles. The van der Waals surface area contributed by atoms with E-state index in [1.807, 2.05) is 47.4 Å². The van der Waals surface area contributed by atoms with Crippen molar-refractivity contribution < 1.29 is 9.53 Å². The number of para-hydroxylation sites is 1. The van der Waals surface area contributed by atoms with Crippen molar-refractivity contribution in [1.82, 2.24) is 14.7 Å². The summed E-state index contributed by atoms with van der Waals surface area (Å²) in [5.74, 6) is 0.929. The van der Waals surface area contributed by atoms with Crippen LogP contribution in [0, 0.1) is 0 Å². The number of nitrogens with zero attached hydrogens (tertiary/aromatic N) is 3. The van der Waals surface area contributed by atoms with Crippen LogP contribution in [0.2, 0.25) is 0 Å². The summed E-state index contributed by atoms with van der Waals surface area (Å²) in [6, 6.07) is 15.4. The number of aryl methyl sites for hydroxylation is 1. The second kappa shape index (κ2) is 7.84. The van der Waals surface area contributed by atoms with Gasteiger partial charge in [0.15, 0.2) is 0 Å². The van der Waals surface area contributed by atoms with Crippen LogP contribution in [0.3, 0.4) is 0 Å². The third-order valence-corrected chi connectivity index (χ3v) is 5.37. The molecule has 1 aromatic heterocycles. The number of aromatic nitrogens is 2. The highest BCUT2D eigenvalue weighted by molar-refractivity contribution is 5.79. The Morgan fingerprint density at radius 3 is 2.75 bits per heavy atom. The molecule has 144 valence electrons. The fraction of sp³-hybridized carbons (Fsp3) is 0.318. The number of ether oxygens (including phenoxy) is 1. The van der Waals surface area contributed by atoms with Crippen LogP contribution >= 0.6 is 0 Å². The van der Waals surface area contributed by atoms with Crippen molar-refractivity contribution in [3.8, 4) is 5.75 Å². The molecular weight excluding hydrogens is 354 g/mol. The lowest BCUT2D eigenvalue weighted by molar-refractivity contribution is -0.132. The van der Waals surface area contributed by atoms with Gasteiger partial charge in [-0.25, -0.2) is 0 Å². The van der Waals surface area contributed by atoms with Gasteiger partial charge in [-0.2, -0.15) is 5.10 Å². The third-order valence-electron chi connectivity index (χ3n) is 5.37. The lowest BCUT2D eigenvalue weighted by Gasteiger charge is -2.25. The van der Waals surface area contributed by atoms with E-state index in [1.54, 1.807) is 17.9 Å². The zero-order valence-electron chi connectivity index (χ0n) is 15.9. The summed E-state index contributed by atoms with van der Waals surface area (Å²) >= 11 is 0. The number of hydrogen-bond acceptors (Lipinski definition) is 4. The van der Waals surface area contributed by atoms with Gasteiger partial charge in [-0.1, -0.05) is 24.3 Å². The van der Waals surface area contributed by atoms with E-state index >= 15 is 0 Å². The quantitative estimate of drug-likeness (QED) is 0.685. The molecule has 0 saturated carbocycles. The first-order valence-electron chi connectivity index (χ1n) is 9.55. The van der Waals surface area contributed by atoms with Crippen LogP contribution in [-0.2, 0) is 11.3 Å². The van der Waals surface area contributed by atoms with E-state index in [1.165, 1.54) is 6.20 Å². The first-order chi connectivity index (χ1) is 13.7. The smallest absolute Gasteiger partial charge is 0.224 e. The Labute approximate surface area is 163 Å². The fourth-order valence-corrected chi connectivity index (χ4v) is 3.92. The van der Waals surface area contributed by atoms with Crippen molar-refractivity contribution in [3.05, 3.63) is 70.5 Å². The number of methoxy groups -OCH3 is 1. The maximum absolute atomic E-state index is 12.9. The molecule has 1 aliphatic rings. The Bertz CT molecular complexity index is 1040. The Balaban J connectivity index is 1.49. The van der Waals surface area contributed by atoms with Crippen molar-refractivity contribution in [2.75, 3.05) is 13.7 Å². The second-order valence-electron chi connectivity index (χ2n) is 7.02. The Morgan fingerprint density at radius 1 is 1.18 bits per heavy atom. The van der Waals surface area contributed by atoms with Crippen LogP contribution in [0.1, 0.15) is 30.9 Å². The molecule has 2 heterocycles. The van der Waals surface area contributed by atoms with E-state index in [-0.39, 0.29) is 17.4 Å². The average Bonchev–Trinajstić information content (AvgIpc) is 3.23. The molecule has 1 fully saturated rings. The molecule has 28 heavy (non-hydrogen) atoms. The average molecular weight is 377 g/mol. The number of fused-ring (bicyclic) bond motifs is 1. The lowest BCUT2D eigenvalue weighted by atomic mass is 10.0. The van der Waals surface area contributed by atoms with Gasteiger partial charge in [0, 0.05) is 18.4 Å². The Kier molecular flexibility index (Phi) is 5.10. The molecule has 1 amide bonds. The largest absolute Gasteiger partial charge is 0.497 e. The van der Waals surface area contributed by atoms with Crippen LogP contribution in [0.5, 0.6) is 5.75 Å². The molecule has 1 aliphatic heterocycles. The molecule has 3 aromatic rings. The first kappa shape index (κ1) is 18.2. The summed E-state index contributed by atoms with van der Waals surface area (Å²) in [6.45, 7) is 1.22. The standard InChI is InChI=1S/C22H23N3O3/c1-28-17-10-8-16(9-11-17)19-7-4-13-24(19)22(27)12-14-25-20-6-3-2-5-18(20)21(26)15-23-25/h2-3,5-6,8-11,15,19H,4,7,12-14H2,1H3/t19-/m1/s1. The molecule has 0 unspecified atom stereocenters. The maximum atomic E-state index is 12.9. The zero-order valence-corrected chi connectivity index (χ0v) is 15.9. The van der Waals surface area contributed by atoms with Crippen molar-refractivity contribution in [3.63, 3.8) is 0 Å². The Hall–Kier alpha value is -3.15. The summed E-state index contributed by atoms with van der Waals surface area (Å²) in [6.07, 6.45) is 3.65. The molecule has 0 aliphatic carbocycles. The SMILES string of the molecule is COc1ccc([C@H]2CCCN2C(=O)CCn2ncc(=O)c3ccccc32)cc1. The molecule has 4 rings (SSSR count). The van der Waals surface area contributed by atoms with Gasteiger partial charge in [0.2, 0.25) is 11.3 Å². The predicted molar refractivity (Wildman–Crippen MR) is 107 cm³/mol. The number of carbonyl (C=O) groups is 1. The van der Waals surface area contributed by atoms with E-state index in [2.05, 4.69) is 5.10 Å². The van der Waals surface area contributed by atoms with Crippen molar-refractivity contribution in [1.29, 1.82) is 0 Å². The van der Waals surface area contributed by atoms with Gasteiger partial charge in [-0.15, -0.1) is 0 Å². The van der Waals surface area contributed by atoms with Gasteiger partial charge < -0.3 is 9.64 Å². The van der Waals surface area contributed by atoms with Gasteiger partial charge in [-0.3, -0.25) is 14.3 Å². The molecule has 6 nitrogen and oxygen atoms in total. The van der Waals surface area contributed by atoms with Crippen molar-refractivity contribution in [2.24, 2.45) is 0 Å². The summed E-state index contributed by atoms with van der Waals surface area (Å²) in [4.78, 5) is 26.9. The summed E-state index contributed by atoms with van der Waals surface area (Å²) in [5.41, 5.74) is 1.80. The molecule has 1 atom stereocenters. The van der Waals surface area contributed by atoms with E-state index in [0.29, 0.717) is 18.4 Å². The topological polar surface area (TPSA) is 64.4 Å². The van der Waals surface area contributed by atoms with Crippen LogP contribution in [-0.4, -0.2) is 34.2 Å². The maximum Gasteiger partial charge on any atom is 0.224 e. The highest BCUT2D eigenvalue weighted by Gasteiger charge is 2.29. The monoisotopic (exact) mass is 377 g/mol. The van der Waals surface area contributed by atoms with Gasteiger partial charge in [0.1, 0.15) is 5.75 Å². The molecule has 0 bridgehead atoms. The predicted octanol–water partition coefficient (Wildman–Crippen LogP) is 3.16. The molecule has 6 heteroatoms. The zero-order chi connectivity index (χ0) is 19.5. The first-order valence-corrected chi connectivity index (χ1v) is 9.55. The molecular formula is C22H23N3O3. The summed E-state index contributed by atoms with van der Waals surface area (Å²) < 4.78 is 6.97. The third kappa shape index (κ3) is 3.50. The van der Waals surface area contributed by atoms with Crippen LogP contribution in [0.25, 0.3) is 10.9 Å². The van der Waals surface area contributed by atoms with Gasteiger partial charge >= 0.3 is 0 Å². The molecule has 2 aromatic carbocycles. The number of carbonyl (C=O) groups excluding carboxylic acids is 1. The van der Waals surface area contributed by atoms with E-state index in [0.717, 1.165) is 36.2 Å². The molecule has 0 radical (unpaired) electrons. The minimum atomic E-state index is -0.0997. The van der Waals surface area contributed by atoms with Gasteiger partial charge in [0.05, 0.1) is 31.4 Å². The number of hydrogen-bond donors (Lipinski definition) is 0. The van der Waals surface area contributed by atoms with Crippen LogP contribution in [0.15, 0.2) is 59.5 Å². The van der Waals surface area contributed by atoms with Crippen molar-refractivity contribution in [2.45, 2.75) is 31.8 Å². The number of benzene rings is 2. The highest BCUT2D eigenvalue weighted by atomic mass is 16.5. The molecule has 0 spiro atoms. The second-order valence-corrected chi connectivity index (χ2v) is 7.02. The lowest BCUT2D eigenvalue weighted by Crippen LogP contribution is -2.31. The van der Waals surface area contributed by atoms with E-state index in [9.17, 15) is 9.59 Å². The van der Waals surface area contributed by atoms with E-state index < -0.39 is 0 Å². The fourth-order valence-electron chi connectivity index (χ4n) is 3.92. The minimum Gasteiger partial charge on any atom is -0.497 e. The normalized spacial score (nSPS) is 16.5. The van der Waals surface area contributed by atoms with Gasteiger partial charge in [-0.05, 0) is 42.7 Å². The number of likely N-dealkylation sites (tertiary alicyclic amines) is 1. The number of rotatable bonds is 5.